The molecule has 2 aliphatic rings. The summed E-state index contributed by atoms with van der Waals surface area (Å²) >= 11 is 0. The lowest BCUT2D eigenvalue weighted by Gasteiger charge is -2.24. The van der Waals surface area contributed by atoms with E-state index in [9.17, 15) is 19.2 Å². The second kappa shape index (κ2) is 7.21. The van der Waals surface area contributed by atoms with Crippen molar-refractivity contribution in [1.29, 1.82) is 0 Å². The summed E-state index contributed by atoms with van der Waals surface area (Å²) in [4.78, 5) is 51.8. The van der Waals surface area contributed by atoms with Gasteiger partial charge < -0.3 is 10.1 Å². The second-order valence-electron chi connectivity index (χ2n) is 6.50. The Morgan fingerprint density at radius 1 is 1.23 bits per heavy atom. The fraction of sp³-hybridized carbons (Fsp3) is 0.368. The first-order valence-electron chi connectivity index (χ1n) is 8.62. The number of aldehydes is 1. The third kappa shape index (κ3) is 2.94. The van der Waals surface area contributed by atoms with E-state index in [4.69, 9.17) is 0 Å². The average Bonchev–Trinajstić information content (AvgIpc) is 3.11. The maximum Gasteiger partial charge on any atom is 0.262 e. The van der Waals surface area contributed by atoms with Gasteiger partial charge in [0.1, 0.15) is 12.3 Å². The number of hydrogen-bond donors (Lipinski definition) is 1. The molecule has 26 heavy (non-hydrogen) atoms. The Labute approximate surface area is 151 Å². The fourth-order valence-electron chi connectivity index (χ4n) is 3.59. The van der Waals surface area contributed by atoms with Gasteiger partial charge in [0.25, 0.3) is 11.8 Å². The molecule has 0 saturated heterocycles. The van der Waals surface area contributed by atoms with Gasteiger partial charge in [-0.1, -0.05) is 19.9 Å². The smallest absolute Gasteiger partial charge is 0.262 e. The van der Waals surface area contributed by atoms with Gasteiger partial charge in [-0.25, -0.2) is 0 Å². The van der Waals surface area contributed by atoms with Crippen molar-refractivity contribution in [3.05, 3.63) is 47.2 Å². The summed E-state index contributed by atoms with van der Waals surface area (Å²) in [6.07, 6.45) is 3.13. The Balaban J connectivity index is 1.92. The van der Waals surface area contributed by atoms with Crippen LogP contribution in [0.25, 0.3) is 0 Å². The lowest BCUT2D eigenvalue weighted by Crippen LogP contribution is -2.48. The number of hydrogen-bond acceptors (Lipinski definition) is 5. The Bertz CT molecular complexity index is 757. The van der Waals surface area contributed by atoms with Crippen molar-refractivity contribution in [1.82, 2.24) is 15.1 Å². The molecule has 136 valence electrons. The monoisotopic (exact) mass is 355 g/mol. The summed E-state index contributed by atoms with van der Waals surface area (Å²) in [5.74, 6) is -1.31. The van der Waals surface area contributed by atoms with Crippen LogP contribution in [-0.2, 0) is 22.7 Å². The largest absolute Gasteiger partial charge is 0.331 e. The van der Waals surface area contributed by atoms with Crippen LogP contribution in [0.4, 0.5) is 0 Å². The van der Waals surface area contributed by atoms with Crippen LogP contribution in [0.3, 0.4) is 0 Å². The van der Waals surface area contributed by atoms with Crippen molar-refractivity contribution in [2.24, 2.45) is 0 Å². The number of benzene rings is 1. The highest BCUT2D eigenvalue weighted by atomic mass is 16.2. The highest BCUT2D eigenvalue weighted by Crippen LogP contribution is 2.32. The summed E-state index contributed by atoms with van der Waals surface area (Å²) in [6, 6.07) is 2.60. The van der Waals surface area contributed by atoms with E-state index in [1.165, 1.54) is 6.20 Å². The second-order valence-corrected chi connectivity index (χ2v) is 6.50. The van der Waals surface area contributed by atoms with Crippen molar-refractivity contribution in [3.63, 3.8) is 0 Å². The molecule has 0 aliphatic carbocycles. The molecule has 1 aromatic carbocycles. The maximum atomic E-state index is 12.9. The van der Waals surface area contributed by atoms with Crippen LogP contribution in [0.5, 0.6) is 0 Å². The van der Waals surface area contributed by atoms with E-state index >= 15 is 0 Å². The highest BCUT2D eigenvalue weighted by molar-refractivity contribution is 6.23. The minimum absolute atomic E-state index is 0.313. The molecule has 0 aromatic heterocycles. The third-order valence-electron chi connectivity index (χ3n) is 4.78. The average molecular weight is 355 g/mol. The van der Waals surface area contributed by atoms with Gasteiger partial charge in [-0.15, -0.1) is 0 Å². The molecule has 7 heteroatoms. The molecule has 7 nitrogen and oxygen atoms in total. The number of imide groups is 1. The van der Waals surface area contributed by atoms with Crippen LogP contribution >= 0.6 is 0 Å². The predicted octanol–water partition coefficient (Wildman–Crippen LogP) is 1.23. The number of nitrogens with one attached hydrogen (secondary N) is 1. The number of carbonyl (C=O) groups is 4. The van der Waals surface area contributed by atoms with Gasteiger partial charge in [0.2, 0.25) is 5.91 Å². The molecule has 1 N–H and O–H groups in total. The molecule has 3 rings (SSSR count). The van der Waals surface area contributed by atoms with Gasteiger partial charge in [-0.3, -0.25) is 24.2 Å². The molecule has 2 heterocycles. The van der Waals surface area contributed by atoms with Gasteiger partial charge in [-0.2, -0.15) is 0 Å². The van der Waals surface area contributed by atoms with E-state index in [-0.39, 0.29) is 0 Å². The van der Waals surface area contributed by atoms with Crippen molar-refractivity contribution in [3.8, 4) is 0 Å². The number of carbonyl (C=O) groups excluding carboxylic acids is 4. The highest BCUT2D eigenvalue weighted by Gasteiger charge is 2.43. The van der Waals surface area contributed by atoms with Crippen LogP contribution in [-0.4, -0.2) is 46.4 Å². The zero-order valence-electron chi connectivity index (χ0n) is 14.7. The van der Waals surface area contributed by atoms with Crippen LogP contribution in [0.2, 0.25) is 0 Å². The van der Waals surface area contributed by atoms with E-state index in [0.29, 0.717) is 43.6 Å². The number of rotatable bonds is 7. The summed E-state index contributed by atoms with van der Waals surface area (Å²) in [5.41, 5.74) is 2.54. The molecular weight excluding hydrogens is 334 g/mol. The van der Waals surface area contributed by atoms with E-state index in [1.807, 2.05) is 11.8 Å². The van der Waals surface area contributed by atoms with Crippen molar-refractivity contribution in [2.45, 2.75) is 38.9 Å². The molecule has 0 radical (unpaired) electrons. The Morgan fingerprint density at radius 3 is 2.27 bits per heavy atom. The lowest BCUT2D eigenvalue weighted by molar-refractivity contribution is -0.124. The summed E-state index contributed by atoms with van der Waals surface area (Å²) in [6.45, 7) is 6.80. The van der Waals surface area contributed by atoms with Crippen molar-refractivity contribution in [2.75, 3.05) is 6.54 Å². The topological polar surface area (TPSA) is 86.8 Å². The van der Waals surface area contributed by atoms with Crippen molar-refractivity contribution >= 4 is 24.0 Å². The van der Waals surface area contributed by atoms with Gasteiger partial charge in [0.05, 0.1) is 17.7 Å². The summed E-state index contributed by atoms with van der Waals surface area (Å²) in [7, 11) is 0. The standard InChI is InChI=1S/C19H21N3O4/c1-3-5-16(17(24)20-4-2)22-18(25)14-8-12-10-21(6-7-23)11-13(12)9-15(14)19(22)26/h4,7-9,16H,2-3,5-6,10-11H2,1H3,(H,20,24). The lowest BCUT2D eigenvalue weighted by atomic mass is 10.0. The molecular formula is C19H21N3O4. The number of nitrogens with zero attached hydrogens (tertiary/aromatic N) is 2. The van der Waals surface area contributed by atoms with E-state index in [2.05, 4.69) is 11.9 Å². The van der Waals surface area contributed by atoms with E-state index in [1.54, 1.807) is 12.1 Å². The zero-order valence-corrected chi connectivity index (χ0v) is 14.7. The maximum absolute atomic E-state index is 12.9. The van der Waals surface area contributed by atoms with Gasteiger partial charge in [0.15, 0.2) is 0 Å². The summed E-state index contributed by atoms with van der Waals surface area (Å²) in [5, 5.41) is 2.48. The van der Waals surface area contributed by atoms with E-state index in [0.717, 1.165) is 22.3 Å². The molecule has 3 amide bonds. The van der Waals surface area contributed by atoms with Crippen LogP contribution in [0, 0.1) is 0 Å². The quantitative estimate of drug-likeness (QED) is 0.587. The Kier molecular flexibility index (Phi) is 4.99. The first-order chi connectivity index (χ1) is 12.5. The summed E-state index contributed by atoms with van der Waals surface area (Å²) < 4.78 is 0. The zero-order chi connectivity index (χ0) is 18.8. The molecule has 0 spiro atoms. The molecule has 1 atom stereocenters. The Hall–Kier alpha value is -2.80. The fourth-order valence-corrected chi connectivity index (χ4v) is 3.59. The van der Waals surface area contributed by atoms with Crippen LogP contribution < -0.4 is 5.32 Å². The van der Waals surface area contributed by atoms with Gasteiger partial charge >= 0.3 is 0 Å². The molecule has 0 saturated carbocycles. The van der Waals surface area contributed by atoms with Crippen LogP contribution in [0.1, 0.15) is 51.6 Å². The molecule has 1 unspecified atom stereocenters. The molecule has 0 bridgehead atoms. The normalized spacial score (nSPS) is 17.0. The SMILES string of the molecule is C=CNC(=O)C(CCC)N1C(=O)c2cc3c(cc2C1=O)CN(CC=O)C3. The molecule has 1 aromatic rings. The molecule has 0 fully saturated rings. The van der Waals surface area contributed by atoms with Gasteiger partial charge in [-0.05, 0) is 35.9 Å². The predicted molar refractivity (Wildman–Crippen MR) is 94.2 cm³/mol. The number of amides is 3. The van der Waals surface area contributed by atoms with Crippen molar-refractivity contribution < 1.29 is 19.2 Å². The molecule has 2 aliphatic heterocycles. The van der Waals surface area contributed by atoms with Crippen LogP contribution in [0.15, 0.2) is 24.9 Å². The minimum atomic E-state index is -0.855. The third-order valence-corrected chi connectivity index (χ3v) is 4.78. The van der Waals surface area contributed by atoms with Gasteiger partial charge in [0, 0.05) is 13.1 Å². The van der Waals surface area contributed by atoms with E-state index < -0.39 is 23.8 Å². The minimum Gasteiger partial charge on any atom is -0.331 e. The number of fused-ring (bicyclic) bond motifs is 2. The first-order valence-corrected chi connectivity index (χ1v) is 8.62. The first kappa shape index (κ1) is 18.0. The Morgan fingerprint density at radius 2 is 1.81 bits per heavy atom.